The van der Waals surface area contributed by atoms with Crippen molar-refractivity contribution in [3.05, 3.63) is 58.4 Å². The number of methoxy groups -OCH3 is 3. The summed E-state index contributed by atoms with van der Waals surface area (Å²) in [6.45, 7) is 1.28. The van der Waals surface area contributed by atoms with E-state index in [2.05, 4.69) is 15.1 Å². The standard InChI is InChI=1S/C22H27ClN4O3S/c1-26(12-15-10-11-18(28-3)21(30-5)20(15)29-4)13-19-24-25-22(27(19)2)31-14-16-8-6-7-9-17(16)23/h6-11H,12-14H2,1-5H3. The number of thioether (sulfide) groups is 1. The number of aromatic nitrogens is 3. The van der Waals surface area contributed by atoms with Crippen molar-refractivity contribution in [2.75, 3.05) is 28.4 Å². The fourth-order valence-electron chi connectivity index (χ4n) is 3.24. The molecule has 0 bridgehead atoms. The second-order valence-corrected chi connectivity index (χ2v) is 8.35. The lowest BCUT2D eigenvalue weighted by Crippen LogP contribution is -2.20. The molecule has 0 unspecified atom stereocenters. The van der Waals surface area contributed by atoms with E-state index in [4.69, 9.17) is 25.8 Å². The molecule has 3 aromatic rings. The fraction of sp³-hybridized carbons (Fsp3) is 0.364. The summed E-state index contributed by atoms with van der Waals surface area (Å²) < 4.78 is 18.5. The molecule has 1 heterocycles. The molecule has 9 heteroatoms. The lowest BCUT2D eigenvalue weighted by Gasteiger charge is -2.20. The summed E-state index contributed by atoms with van der Waals surface area (Å²) in [4.78, 5) is 2.15. The molecule has 0 amide bonds. The van der Waals surface area contributed by atoms with Crippen LogP contribution in [0.1, 0.15) is 17.0 Å². The Balaban J connectivity index is 1.68. The topological polar surface area (TPSA) is 61.6 Å². The van der Waals surface area contributed by atoms with Crippen LogP contribution in [0.4, 0.5) is 0 Å². The van der Waals surface area contributed by atoms with E-state index < -0.39 is 0 Å². The van der Waals surface area contributed by atoms with Gasteiger partial charge in [-0.15, -0.1) is 10.2 Å². The van der Waals surface area contributed by atoms with Crippen LogP contribution in [0.25, 0.3) is 0 Å². The molecule has 1 aromatic heterocycles. The van der Waals surface area contributed by atoms with Crippen LogP contribution in [-0.2, 0) is 25.9 Å². The summed E-state index contributed by atoms with van der Waals surface area (Å²) in [5, 5.41) is 10.3. The highest BCUT2D eigenvalue weighted by molar-refractivity contribution is 7.98. The zero-order valence-electron chi connectivity index (χ0n) is 18.4. The Kier molecular flexibility index (Phi) is 8.06. The van der Waals surface area contributed by atoms with Crippen molar-refractivity contribution in [2.24, 2.45) is 7.05 Å². The molecule has 0 aliphatic carbocycles. The van der Waals surface area contributed by atoms with Gasteiger partial charge in [0.1, 0.15) is 5.82 Å². The Morgan fingerprint density at radius 3 is 2.35 bits per heavy atom. The lowest BCUT2D eigenvalue weighted by atomic mass is 10.1. The van der Waals surface area contributed by atoms with Gasteiger partial charge in [-0.05, 0) is 24.7 Å². The molecular formula is C22H27ClN4O3S. The zero-order valence-corrected chi connectivity index (χ0v) is 20.0. The van der Waals surface area contributed by atoms with Gasteiger partial charge in [0.2, 0.25) is 5.75 Å². The number of benzene rings is 2. The molecule has 31 heavy (non-hydrogen) atoms. The largest absolute Gasteiger partial charge is 0.493 e. The average Bonchev–Trinajstić information content (AvgIpc) is 3.11. The second-order valence-electron chi connectivity index (χ2n) is 7.00. The van der Waals surface area contributed by atoms with Crippen LogP contribution >= 0.6 is 23.4 Å². The smallest absolute Gasteiger partial charge is 0.203 e. The van der Waals surface area contributed by atoms with Crippen LogP contribution in [0.2, 0.25) is 5.02 Å². The Morgan fingerprint density at radius 1 is 0.935 bits per heavy atom. The summed E-state index contributed by atoms with van der Waals surface area (Å²) in [6.07, 6.45) is 0. The molecule has 0 spiro atoms. The van der Waals surface area contributed by atoms with Gasteiger partial charge in [0, 0.05) is 29.9 Å². The zero-order chi connectivity index (χ0) is 22.4. The van der Waals surface area contributed by atoms with Crippen molar-refractivity contribution in [2.45, 2.75) is 24.0 Å². The van der Waals surface area contributed by atoms with E-state index in [9.17, 15) is 0 Å². The molecule has 2 aromatic carbocycles. The Morgan fingerprint density at radius 2 is 1.68 bits per heavy atom. The third kappa shape index (κ3) is 5.44. The van der Waals surface area contributed by atoms with Gasteiger partial charge < -0.3 is 18.8 Å². The van der Waals surface area contributed by atoms with Gasteiger partial charge in [-0.25, -0.2) is 0 Å². The molecule has 0 saturated heterocycles. The van der Waals surface area contributed by atoms with Crippen molar-refractivity contribution < 1.29 is 14.2 Å². The van der Waals surface area contributed by atoms with Crippen LogP contribution in [0.15, 0.2) is 41.6 Å². The van der Waals surface area contributed by atoms with E-state index in [1.165, 1.54) is 0 Å². The molecule has 0 radical (unpaired) electrons. The Bertz CT molecular complexity index is 1030. The van der Waals surface area contributed by atoms with Crippen molar-refractivity contribution in [3.63, 3.8) is 0 Å². The maximum absolute atomic E-state index is 6.26. The highest BCUT2D eigenvalue weighted by Gasteiger charge is 2.18. The van der Waals surface area contributed by atoms with E-state index in [1.54, 1.807) is 33.1 Å². The second kappa shape index (κ2) is 10.7. The Hall–Kier alpha value is -2.42. The van der Waals surface area contributed by atoms with Crippen LogP contribution in [-0.4, -0.2) is 48.0 Å². The number of rotatable bonds is 10. The summed E-state index contributed by atoms with van der Waals surface area (Å²) in [6, 6.07) is 11.7. The van der Waals surface area contributed by atoms with Crippen molar-refractivity contribution >= 4 is 23.4 Å². The highest BCUT2D eigenvalue weighted by Crippen LogP contribution is 2.40. The number of halogens is 1. The summed E-state index contributed by atoms with van der Waals surface area (Å²) in [7, 11) is 8.86. The molecule has 0 aliphatic rings. The third-order valence-corrected chi connectivity index (χ3v) is 6.31. The van der Waals surface area contributed by atoms with E-state index >= 15 is 0 Å². The van der Waals surface area contributed by atoms with Gasteiger partial charge in [0.25, 0.3) is 0 Å². The molecule has 0 atom stereocenters. The van der Waals surface area contributed by atoms with Gasteiger partial charge in [-0.2, -0.15) is 0 Å². The average molecular weight is 463 g/mol. The maximum Gasteiger partial charge on any atom is 0.203 e. The van der Waals surface area contributed by atoms with Crippen LogP contribution in [0, 0.1) is 0 Å². The molecule has 7 nitrogen and oxygen atoms in total. The van der Waals surface area contributed by atoms with Gasteiger partial charge in [0.05, 0.1) is 27.9 Å². The Labute approximate surface area is 192 Å². The highest BCUT2D eigenvalue weighted by atomic mass is 35.5. The van der Waals surface area contributed by atoms with Crippen molar-refractivity contribution in [1.82, 2.24) is 19.7 Å². The van der Waals surface area contributed by atoms with Crippen LogP contribution < -0.4 is 14.2 Å². The number of hydrogen-bond donors (Lipinski definition) is 0. The quantitative estimate of drug-likeness (QED) is 0.413. The monoisotopic (exact) mass is 462 g/mol. The minimum atomic E-state index is 0.591. The first kappa shape index (κ1) is 23.2. The van der Waals surface area contributed by atoms with E-state index in [-0.39, 0.29) is 0 Å². The van der Waals surface area contributed by atoms with Gasteiger partial charge in [-0.1, -0.05) is 47.6 Å². The van der Waals surface area contributed by atoms with E-state index in [0.29, 0.717) is 30.3 Å². The normalized spacial score (nSPS) is 11.1. The van der Waals surface area contributed by atoms with Gasteiger partial charge >= 0.3 is 0 Å². The van der Waals surface area contributed by atoms with Crippen LogP contribution in [0.5, 0.6) is 17.2 Å². The summed E-state index contributed by atoms with van der Waals surface area (Å²) in [5.41, 5.74) is 2.08. The molecule has 0 saturated carbocycles. The van der Waals surface area contributed by atoms with Crippen LogP contribution in [0.3, 0.4) is 0 Å². The maximum atomic E-state index is 6.26. The number of nitrogens with zero attached hydrogens (tertiary/aromatic N) is 4. The first-order valence-electron chi connectivity index (χ1n) is 9.69. The fourth-order valence-corrected chi connectivity index (χ4v) is 4.46. The molecular weight excluding hydrogens is 436 g/mol. The van der Waals surface area contributed by atoms with Crippen molar-refractivity contribution in [3.8, 4) is 17.2 Å². The first-order chi connectivity index (χ1) is 15.0. The van der Waals surface area contributed by atoms with Gasteiger partial charge in [0.15, 0.2) is 16.7 Å². The lowest BCUT2D eigenvalue weighted by molar-refractivity contribution is 0.289. The molecule has 3 rings (SSSR count). The van der Waals surface area contributed by atoms with E-state index in [1.807, 2.05) is 55.1 Å². The third-order valence-electron chi connectivity index (χ3n) is 4.88. The summed E-state index contributed by atoms with van der Waals surface area (Å²) in [5.74, 6) is 3.52. The molecule has 166 valence electrons. The molecule has 0 N–H and O–H groups in total. The first-order valence-corrected chi connectivity index (χ1v) is 11.1. The number of hydrogen-bond acceptors (Lipinski definition) is 7. The SMILES string of the molecule is COc1ccc(CN(C)Cc2nnc(SCc3ccccc3Cl)n2C)c(OC)c1OC. The summed E-state index contributed by atoms with van der Waals surface area (Å²) >= 11 is 7.87. The number of ether oxygens (including phenoxy) is 3. The van der Waals surface area contributed by atoms with Gasteiger partial charge in [-0.3, -0.25) is 4.90 Å². The minimum Gasteiger partial charge on any atom is -0.493 e. The molecule has 0 fully saturated rings. The molecule has 0 aliphatic heterocycles. The van der Waals surface area contributed by atoms with E-state index in [0.717, 1.165) is 32.9 Å². The predicted molar refractivity (Wildman–Crippen MR) is 123 cm³/mol. The predicted octanol–water partition coefficient (Wildman–Crippen LogP) is 4.42. The minimum absolute atomic E-state index is 0.591. The van der Waals surface area contributed by atoms with Crippen molar-refractivity contribution in [1.29, 1.82) is 0 Å².